The molecule has 1 aromatic heterocycles. The second-order valence-electron chi connectivity index (χ2n) is 7.66. The Morgan fingerprint density at radius 2 is 1.76 bits per heavy atom. The first-order valence-corrected chi connectivity index (χ1v) is 10.6. The molecule has 3 aromatic rings. The number of nitrogens with zero attached hydrogens (tertiary/aromatic N) is 3. The van der Waals surface area contributed by atoms with Crippen molar-refractivity contribution in [2.75, 3.05) is 20.8 Å². The van der Waals surface area contributed by atoms with Gasteiger partial charge in [-0.25, -0.2) is 4.98 Å². The molecule has 1 saturated heterocycles. The van der Waals surface area contributed by atoms with Crippen LogP contribution >= 0.6 is 0 Å². The molecule has 2 heterocycles. The number of methoxy groups -OCH3 is 2. The lowest BCUT2D eigenvalue weighted by Crippen LogP contribution is -2.31. The molecule has 1 fully saturated rings. The zero-order valence-corrected chi connectivity index (χ0v) is 18.5. The molecule has 1 aliphatic rings. The number of hydrogen-bond donors (Lipinski definition) is 1. The Morgan fingerprint density at radius 1 is 1.03 bits per heavy atom. The molecule has 8 heteroatoms. The minimum absolute atomic E-state index is 0.0455. The van der Waals surface area contributed by atoms with E-state index in [0.29, 0.717) is 42.1 Å². The zero-order valence-electron chi connectivity index (χ0n) is 18.5. The number of aromatic nitrogens is 2. The quantitative estimate of drug-likeness (QED) is 0.323. The Labute approximate surface area is 191 Å². The van der Waals surface area contributed by atoms with Crippen LogP contribution in [0.2, 0.25) is 0 Å². The highest BCUT2D eigenvalue weighted by Gasteiger charge is 2.45. The molecule has 0 spiro atoms. The molecular weight excluding hydrogens is 422 g/mol. The first-order valence-electron chi connectivity index (χ1n) is 10.6. The number of rotatable bonds is 8. The SMILES string of the molecule is COc1cccc(/C(O)=C2\C(=O)C(=O)N(CCCn3ccnc3)[C@@H]2c2cccc(OC)c2)c1. The first-order chi connectivity index (χ1) is 16.0. The van der Waals surface area contributed by atoms with Gasteiger partial charge in [-0.15, -0.1) is 0 Å². The van der Waals surface area contributed by atoms with Crippen LogP contribution in [0.3, 0.4) is 0 Å². The van der Waals surface area contributed by atoms with Gasteiger partial charge in [-0.3, -0.25) is 9.59 Å². The second-order valence-corrected chi connectivity index (χ2v) is 7.66. The predicted octanol–water partition coefficient (Wildman–Crippen LogP) is 3.41. The van der Waals surface area contributed by atoms with Crippen molar-refractivity contribution >= 4 is 17.4 Å². The Bertz CT molecular complexity index is 1190. The maximum atomic E-state index is 13.1. The molecule has 1 atom stereocenters. The number of benzene rings is 2. The van der Waals surface area contributed by atoms with E-state index in [1.54, 1.807) is 62.1 Å². The topological polar surface area (TPSA) is 93.9 Å². The third-order valence-electron chi connectivity index (χ3n) is 5.67. The van der Waals surface area contributed by atoms with Gasteiger partial charge in [-0.1, -0.05) is 24.3 Å². The number of aliphatic hydroxyl groups is 1. The van der Waals surface area contributed by atoms with E-state index in [9.17, 15) is 14.7 Å². The van der Waals surface area contributed by atoms with Crippen LogP contribution in [0.25, 0.3) is 5.76 Å². The van der Waals surface area contributed by atoms with Crippen LogP contribution in [0.4, 0.5) is 0 Å². The van der Waals surface area contributed by atoms with Crippen LogP contribution in [0.1, 0.15) is 23.6 Å². The standard InChI is InChI=1S/C25H25N3O5/c1-32-19-8-3-6-17(14-19)22-21(23(29)18-7-4-9-20(15-18)33-2)24(30)25(31)28(22)12-5-11-27-13-10-26-16-27/h3-4,6-10,13-16,22,29H,5,11-12H2,1-2H3/b23-21+/t22-/m1/s1. The van der Waals surface area contributed by atoms with E-state index in [1.165, 1.54) is 12.0 Å². The van der Waals surface area contributed by atoms with Crippen LogP contribution in [0.5, 0.6) is 11.5 Å². The van der Waals surface area contributed by atoms with E-state index in [-0.39, 0.29) is 11.3 Å². The van der Waals surface area contributed by atoms with Gasteiger partial charge in [0.1, 0.15) is 17.3 Å². The summed E-state index contributed by atoms with van der Waals surface area (Å²) in [5.41, 5.74) is 1.13. The monoisotopic (exact) mass is 447 g/mol. The lowest BCUT2D eigenvalue weighted by molar-refractivity contribution is -0.139. The zero-order chi connectivity index (χ0) is 23.4. The molecular formula is C25H25N3O5. The van der Waals surface area contributed by atoms with Gasteiger partial charge >= 0.3 is 0 Å². The Kier molecular flexibility index (Phi) is 6.44. The fourth-order valence-electron chi connectivity index (χ4n) is 4.04. The summed E-state index contributed by atoms with van der Waals surface area (Å²) >= 11 is 0. The van der Waals surface area contributed by atoms with E-state index >= 15 is 0 Å². The molecule has 1 N–H and O–H groups in total. The summed E-state index contributed by atoms with van der Waals surface area (Å²) in [6.07, 6.45) is 5.85. The molecule has 0 aliphatic carbocycles. The third-order valence-corrected chi connectivity index (χ3v) is 5.67. The number of Topliss-reactive ketones (excluding diaryl/α,β-unsaturated/α-hetero) is 1. The smallest absolute Gasteiger partial charge is 0.295 e. The number of carbonyl (C=O) groups excluding carboxylic acids is 2. The minimum atomic E-state index is -0.742. The number of aliphatic hydroxyl groups excluding tert-OH is 1. The number of imidazole rings is 1. The van der Waals surface area contributed by atoms with Crippen molar-refractivity contribution in [2.45, 2.75) is 19.0 Å². The second kappa shape index (κ2) is 9.60. The molecule has 4 rings (SSSR count). The maximum Gasteiger partial charge on any atom is 0.295 e. The number of amides is 1. The van der Waals surface area contributed by atoms with Gasteiger partial charge in [0.15, 0.2) is 0 Å². The molecule has 0 saturated carbocycles. The van der Waals surface area contributed by atoms with Gasteiger partial charge in [0.2, 0.25) is 0 Å². The van der Waals surface area contributed by atoms with Gasteiger partial charge < -0.3 is 24.0 Å². The number of ketones is 1. The number of likely N-dealkylation sites (tertiary alicyclic amines) is 1. The highest BCUT2D eigenvalue weighted by atomic mass is 16.5. The number of hydrogen-bond acceptors (Lipinski definition) is 6. The van der Waals surface area contributed by atoms with Crippen molar-refractivity contribution < 1.29 is 24.2 Å². The van der Waals surface area contributed by atoms with Crippen molar-refractivity contribution in [3.05, 3.63) is 84.0 Å². The van der Waals surface area contributed by atoms with Crippen molar-refractivity contribution in [3.63, 3.8) is 0 Å². The lowest BCUT2D eigenvalue weighted by atomic mass is 9.95. The Morgan fingerprint density at radius 3 is 2.45 bits per heavy atom. The van der Waals surface area contributed by atoms with E-state index in [0.717, 1.165) is 0 Å². The van der Waals surface area contributed by atoms with Gasteiger partial charge in [0.05, 0.1) is 32.2 Å². The van der Waals surface area contributed by atoms with Crippen LogP contribution in [-0.4, -0.2) is 52.0 Å². The van der Waals surface area contributed by atoms with Crippen molar-refractivity contribution in [2.24, 2.45) is 0 Å². The molecule has 2 aromatic carbocycles. The fourth-order valence-corrected chi connectivity index (χ4v) is 4.04. The number of ether oxygens (including phenoxy) is 2. The largest absolute Gasteiger partial charge is 0.507 e. The molecule has 0 bridgehead atoms. The molecule has 1 amide bonds. The van der Waals surface area contributed by atoms with E-state index in [2.05, 4.69) is 4.98 Å². The van der Waals surface area contributed by atoms with Gasteiger partial charge in [-0.05, 0) is 36.2 Å². The van der Waals surface area contributed by atoms with Crippen LogP contribution in [0.15, 0.2) is 72.8 Å². The average Bonchev–Trinajstić information content (AvgIpc) is 3.46. The fraction of sp³-hybridized carbons (Fsp3) is 0.240. The molecule has 8 nitrogen and oxygen atoms in total. The van der Waals surface area contributed by atoms with Gasteiger partial charge in [0.25, 0.3) is 11.7 Å². The normalized spacial score (nSPS) is 17.4. The number of carbonyl (C=O) groups is 2. The van der Waals surface area contributed by atoms with Crippen LogP contribution < -0.4 is 9.47 Å². The molecule has 1 aliphatic heterocycles. The van der Waals surface area contributed by atoms with E-state index in [1.807, 2.05) is 16.8 Å². The van der Waals surface area contributed by atoms with Crippen LogP contribution in [0, 0.1) is 0 Å². The molecule has 0 unspecified atom stereocenters. The maximum absolute atomic E-state index is 13.1. The summed E-state index contributed by atoms with van der Waals surface area (Å²) in [5.74, 6) is -0.467. The van der Waals surface area contributed by atoms with Crippen molar-refractivity contribution in [3.8, 4) is 11.5 Å². The third kappa shape index (κ3) is 4.45. The van der Waals surface area contributed by atoms with Gasteiger partial charge in [0, 0.05) is 31.0 Å². The average molecular weight is 447 g/mol. The predicted molar refractivity (Wildman–Crippen MR) is 122 cm³/mol. The Hall–Kier alpha value is -4.07. The summed E-state index contributed by atoms with van der Waals surface area (Å²) in [5, 5.41) is 11.2. The number of aryl methyl sites for hydroxylation is 1. The van der Waals surface area contributed by atoms with Crippen molar-refractivity contribution in [1.29, 1.82) is 0 Å². The van der Waals surface area contributed by atoms with Crippen LogP contribution in [-0.2, 0) is 16.1 Å². The minimum Gasteiger partial charge on any atom is -0.507 e. The summed E-state index contributed by atoms with van der Waals surface area (Å²) in [6, 6.07) is 13.2. The summed E-state index contributed by atoms with van der Waals surface area (Å²) in [4.78, 5) is 31.7. The first kappa shape index (κ1) is 22.1. The van der Waals surface area contributed by atoms with Crippen molar-refractivity contribution in [1.82, 2.24) is 14.5 Å². The Balaban J connectivity index is 1.76. The lowest BCUT2D eigenvalue weighted by Gasteiger charge is -2.25. The highest BCUT2D eigenvalue weighted by Crippen LogP contribution is 2.40. The molecule has 170 valence electrons. The van der Waals surface area contributed by atoms with Gasteiger partial charge in [-0.2, -0.15) is 0 Å². The molecule has 0 radical (unpaired) electrons. The summed E-state index contributed by atoms with van der Waals surface area (Å²) in [7, 11) is 3.08. The molecule has 33 heavy (non-hydrogen) atoms. The summed E-state index contributed by atoms with van der Waals surface area (Å²) in [6.45, 7) is 0.975. The highest BCUT2D eigenvalue weighted by molar-refractivity contribution is 6.46. The van der Waals surface area contributed by atoms with E-state index < -0.39 is 17.7 Å². The summed E-state index contributed by atoms with van der Waals surface area (Å²) < 4.78 is 12.5. The van der Waals surface area contributed by atoms with E-state index in [4.69, 9.17) is 9.47 Å².